The highest BCUT2D eigenvalue weighted by Crippen LogP contribution is 2.13. The number of rotatable bonds is 3. The molecule has 102 valence electrons. The van der Waals surface area contributed by atoms with Crippen molar-refractivity contribution in [3.8, 4) is 0 Å². The van der Waals surface area contributed by atoms with Crippen molar-refractivity contribution in [2.45, 2.75) is 13.8 Å². The number of nitrogens with two attached hydrogens (primary N) is 1. The van der Waals surface area contributed by atoms with Gasteiger partial charge in [0, 0.05) is 16.8 Å². The van der Waals surface area contributed by atoms with Gasteiger partial charge in [-0.2, -0.15) is 0 Å². The first-order valence-electron chi connectivity index (χ1n) is 6.25. The van der Waals surface area contributed by atoms with Gasteiger partial charge in [-0.1, -0.05) is 29.4 Å². The van der Waals surface area contributed by atoms with Gasteiger partial charge in [-0.3, -0.25) is 4.79 Å². The number of aryl methyl sites for hydroxylation is 2. The number of anilines is 1. The molecule has 0 unspecified atom stereocenters. The Morgan fingerprint density at radius 2 is 1.55 bits per heavy atom. The molecule has 0 atom stereocenters. The van der Waals surface area contributed by atoms with Crippen LogP contribution in [-0.4, -0.2) is 10.9 Å². The molecule has 4 heteroatoms. The SMILES string of the molecule is Cc1cc(C)cc(C(=O)Nc2ccc(C(N)=S)cc2)c1. The lowest BCUT2D eigenvalue weighted by molar-refractivity contribution is 0.102. The third kappa shape index (κ3) is 3.42. The molecule has 0 aliphatic carbocycles. The van der Waals surface area contributed by atoms with Crippen molar-refractivity contribution >= 4 is 28.8 Å². The maximum absolute atomic E-state index is 12.2. The van der Waals surface area contributed by atoms with Gasteiger partial charge in [0.2, 0.25) is 0 Å². The van der Waals surface area contributed by atoms with Crippen molar-refractivity contribution in [3.63, 3.8) is 0 Å². The van der Waals surface area contributed by atoms with Gasteiger partial charge in [0.1, 0.15) is 4.99 Å². The Bertz CT molecular complexity index is 642. The number of hydrogen-bond donors (Lipinski definition) is 2. The lowest BCUT2D eigenvalue weighted by atomic mass is 10.1. The summed E-state index contributed by atoms with van der Waals surface area (Å²) in [5.41, 5.74) is 9.82. The molecule has 2 rings (SSSR count). The minimum absolute atomic E-state index is 0.125. The van der Waals surface area contributed by atoms with Crippen LogP contribution in [0.4, 0.5) is 5.69 Å². The zero-order valence-electron chi connectivity index (χ0n) is 11.4. The highest BCUT2D eigenvalue weighted by molar-refractivity contribution is 7.80. The molecule has 0 aromatic heterocycles. The molecule has 0 bridgehead atoms. The molecule has 1 amide bonds. The molecule has 0 spiro atoms. The van der Waals surface area contributed by atoms with E-state index in [1.165, 1.54) is 0 Å². The maximum atomic E-state index is 12.2. The molecule has 0 saturated carbocycles. The predicted molar refractivity (Wildman–Crippen MR) is 86.2 cm³/mol. The first-order valence-corrected chi connectivity index (χ1v) is 6.66. The summed E-state index contributed by atoms with van der Waals surface area (Å²) in [5.74, 6) is -0.125. The fourth-order valence-electron chi connectivity index (χ4n) is 2.03. The lowest BCUT2D eigenvalue weighted by Gasteiger charge is -2.08. The fraction of sp³-hybridized carbons (Fsp3) is 0.125. The molecule has 3 N–H and O–H groups in total. The van der Waals surface area contributed by atoms with Crippen LogP contribution < -0.4 is 11.1 Å². The second-order valence-corrected chi connectivity index (χ2v) is 5.21. The topological polar surface area (TPSA) is 55.1 Å². The van der Waals surface area contributed by atoms with Crippen molar-refractivity contribution in [3.05, 3.63) is 64.7 Å². The van der Waals surface area contributed by atoms with Crippen molar-refractivity contribution in [1.82, 2.24) is 0 Å². The molecule has 0 radical (unpaired) electrons. The first-order chi connectivity index (χ1) is 9.45. The Labute approximate surface area is 123 Å². The van der Waals surface area contributed by atoms with Gasteiger partial charge in [0.25, 0.3) is 5.91 Å². The summed E-state index contributed by atoms with van der Waals surface area (Å²) < 4.78 is 0. The van der Waals surface area contributed by atoms with Crippen molar-refractivity contribution in [2.75, 3.05) is 5.32 Å². The van der Waals surface area contributed by atoms with E-state index in [-0.39, 0.29) is 5.91 Å². The van der Waals surface area contributed by atoms with Gasteiger partial charge in [0.05, 0.1) is 0 Å². The van der Waals surface area contributed by atoms with Crippen LogP contribution in [0.25, 0.3) is 0 Å². The molecule has 2 aromatic carbocycles. The summed E-state index contributed by atoms with van der Waals surface area (Å²) in [7, 11) is 0. The van der Waals surface area contributed by atoms with E-state index in [1.54, 1.807) is 24.3 Å². The third-order valence-electron chi connectivity index (χ3n) is 2.91. The Kier molecular flexibility index (Phi) is 4.15. The Morgan fingerprint density at radius 1 is 1.00 bits per heavy atom. The smallest absolute Gasteiger partial charge is 0.255 e. The van der Waals surface area contributed by atoms with E-state index in [2.05, 4.69) is 5.32 Å². The first kappa shape index (κ1) is 14.2. The molecule has 0 heterocycles. The van der Waals surface area contributed by atoms with Crippen molar-refractivity contribution < 1.29 is 4.79 Å². The molecule has 2 aromatic rings. The number of thiocarbonyl (C=S) groups is 1. The minimum atomic E-state index is -0.125. The lowest BCUT2D eigenvalue weighted by Crippen LogP contribution is -2.13. The Morgan fingerprint density at radius 3 is 2.05 bits per heavy atom. The largest absolute Gasteiger partial charge is 0.389 e. The minimum Gasteiger partial charge on any atom is -0.389 e. The highest BCUT2D eigenvalue weighted by Gasteiger charge is 2.07. The quantitative estimate of drug-likeness (QED) is 0.851. The van der Waals surface area contributed by atoms with Crippen LogP contribution in [0.15, 0.2) is 42.5 Å². The summed E-state index contributed by atoms with van der Waals surface area (Å²) in [5, 5.41) is 2.86. The van der Waals surface area contributed by atoms with Gasteiger partial charge in [-0.25, -0.2) is 0 Å². The normalized spacial score (nSPS) is 10.1. The van der Waals surface area contributed by atoms with Crippen LogP contribution in [0, 0.1) is 13.8 Å². The third-order valence-corrected chi connectivity index (χ3v) is 3.15. The number of nitrogens with one attached hydrogen (secondary N) is 1. The average molecular weight is 284 g/mol. The predicted octanol–water partition coefficient (Wildman–Crippen LogP) is 3.19. The number of benzene rings is 2. The van der Waals surface area contributed by atoms with Crippen LogP contribution in [0.3, 0.4) is 0 Å². The zero-order valence-corrected chi connectivity index (χ0v) is 12.3. The Balaban J connectivity index is 2.16. The molecular weight excluding hydrogens is 268 g/mol. The van der Waals surface area contributed by atoms with Crippen LogP contribution in [0.1, 0.15) is 27.0 Å². The zero-order chi connectivity index (χ0) is 14.7. The van der Waals surface area contributed by atoms with E-state index in [4.69, 9.17) is 18.0 Å². The van der Waals surface area contributed by atoms with Gasteiger partial charge >= 0.3 is 0 Å². The molecule has 20 heavy (non-hydrogen) atoms. The van der Waals surface area contributed by atoms with Crippen LogP contribution >= 0.6 is 12.2 Å². The van der Waals surface area contributed by atoms with Crippen LogP contribution in [0.2, 0.25) is 0 Å². The van der Waals surface area contributed by atoms with Gasteiger partial charge in [0.15, 0.2) is 0 Å². The molecular formula is C16H16N2OS. The molecule has 0 aliphatic rings. The number of carbonyl (C=O) groups excluding carboxylic acids is 1. The van der Waals surface area contributed by atoms with Crippen molar-refractivity contribution in [1.29, 1.82) is 0 Å². The number of hydrogen-bond acceptors (Lipinski definition) is 2. The van der Waals surface area contributed by atoms with E-state index < -0.39 is 0 Å². The molecule has 0 aliphatic heterocycles. The van der Waals surface area contributed by atoms with Gasteiger partial charge in [-0.05, 0) is 50.2 Å². The average Bonchev–Trinajstić information content (AvgIpc) is 2.38. The maximum Gasteiger partial charge on any atom is 0.255 e. The van der Waals surface area contributed by atoms with E-state index >= 15 is 0 Å². The molecule has 0 saturated heterocycles. The fourth-order valence-corrected chi connectivity index (χ4v) is 2.16. The van der Waals surface area contributed by atoms with Crippen molar-refractivity contribution in [2.24, 2.45) is 5.73 Å². The second-order valence-electron chi connectivity index (χ2n) is 4.77. The summed E-state index contributed by atoms with van der Waals surface area (Å²) in [6.07, 6.45) is 0. The number of amides is 1. The monoisotopic (exact) mass is 284 g/mol. The molecule has 3 nitrogen and oxygen atoms in total. The second kappa shape index (κ2) is 5.84. The Hall–Kier alpha value is -2.20. The summed E-state index contributed by atoms with van der Waals surface area (Å²) >= 11 is 4.89. The van der Waals surface area contributed by atoms with Crippen LogP contribution in [0.5, 0.6) is 0 Å². The summed E-state index contributed by atoms with van der Waals surface area (Å²) in [6, 6.07) is 12.9. The molecule has 0 fully saturated rings. The standard InChI is InChI=1S/C16H16N2OS/c1-10-7-11(2)9-13(8-10)16(19)18-14-5-3-12(4-6-14)15(17)20/h3-9H,1-2H3,(H2,17,20)(H,18,19). The van der Waals surface area contributed by atoms with E-state index in [0.717, 1.165) is 16.7 Å². The van der Waals surface area contributed by atoms with Gasteiger partial charge in [-0.15, -0.1) is 0 Å². The number of carbonyl (C=O) groups is 1. The van der Waals surface area contributed by atoms with E-state index in [1.807, 2.05) is 32.0 Å². The van der Waals surface area contributed by atoms with Gasteiger partial charge < -0.3 is 11.1 Å². The highest BCUT2D eigenvalue weighted by atomic mass is 32.1. The van der Waals surface area contributed by atoms with E-state index in [9.17, 15) is 4.79 Å². The summed E-state index contributed by atoms with van der Waals surface area (Å²) in [4.78, 5) is 12.5. The van der Waals surface area contributed by atoms with Crippen LogP contribution in [-0.2, 0) is 0 Å². The summed E-state index contributed by atoms with van der Waals surface area (Å²) in [6.45, 7) is 3.95. The van der Waals surface area contributed by atoms with E-state index in [0.29, 0.717) is 16.2 Å².